The Hall–Kier alpha value is -1.64. The number of aryl methyl sites for hydroxylation is 1. The van der Waals surface area contributed by atoms with Crippen molar-refractivity contribution in [3.05, 3.63) is 32.1 Å². The molecule has 1 aliphatic heterocycles. The highest BCUT2D eigenvalue weighted by molar-refractivity contribution is 5.85. The van der Waals surface area contributed by atoms with Gasteiger partial charge in [0.2, 0.25) is 5.91 Å². The predicted molar refractivity (Wildman–Crippen MR) is 78.7 cm³/mol. The summed E-state index contributed by atoms with van der Waals surface area (Å²) in [5, 5.41) is 0. The minimum Gasteiger partial charge on any atom is -0.373 e. The van der Waals surface area contributed by atoms with E-state index in [2.05, 4.69) is 9.97 Å². The average Bonchev–Trinajstić information content (AvgIpc) is 2.42. The number of amides is 1. The largest absolute Gasteiger partial charge is 0.373 e. The zero-order valence-electron chi connectivity index (χ0n) is 11.7. The van der Waals surface area contributed by atoms with Crippen LogP contribution >= 0.6 is 12.4 Å². The SMILES string of the molecule is Cc1[nH]c(=O)[nH]c(=O)c1CC(=O)N1CCOC(CN)C1.Cl. The number of halogens is 1. The number of carbonyl (C=O) groups excluding carboxylic acids is 1. The first-order valence-corrected chi connectivity index (χ1v) is 6.42. The van der Waals surface area contributed by atoms with Gasteiger partial charge < -0.3 is 20.4 Å². The number of carbonyl (C=O) groups is 1. The van der Waals surface area contributed by atoms with E-state index in [0.717, 1.165) is 0 Å². The Morgan fingerprint density at radius 3 is 2.76 bits per heavy atom. The van der Waals surface area contributed by atoms with Crippen molar-refractivity contribution in [3.8, 4) is 0 Å². The Kier molecular flexibility index (Phi) is 6.13. The molecular weight excluding hydrogens is 300 g/mol. The van der Waals surface area contributed by atoms with Crippen LogP contribution in [0.1, 0.15) is 11.3 Å². The van der Waals surface area contributed by atoms with Crippen molar-refractivity contribution in [2.24, 2.45) is 5.73 Å². The van der Waals surface area contributed by atoms with Gasteiger partial charge in [-0.25, -0.2) is 4.79 Å². The molecule has 1 atom stereocenters. The summed E-state index contributed by atoms with van der Waals surface area (Å²) in [4.78, 5) is 41.2. The van der Waals surface area contributed by atoms with Gasteiger partial charge in [0, 0.05) is 30.9 Å². The molecule has 118 valence electrons. The number of morpholine rings is 1. The maximum atomic E-state index is 12.2. The number of hydrogen-bond donors (Lipinski definition) is 3. The first kappa shape index (κ1) is 17.4. The summed E-state index contributed by atoms with van der Waals surface area (Å²) in [5.74, 6) is -0.174. The average molecular weight is 319 g/mol. The molecule has 21 heavy (non-hydrogen) atoms. The highest BCUT2D eigenvalue weighted by Crippen LogP contribution is 2.07. The smallest absolute Gasteiger partial charge is 0.325 e. The summed E-state index contributed by atoms with van der Waals surface area (Å²) < 4.78 is 5.39. The third-order valence-corrected chi connectivity index (χ3v) is 3.34. The van der Waals surface area contributed by atoms with Crippen molar-refractivity contribution >= 4 is 18.3 Å². The number of aromatic amines is 2. The van der Waals surface area contributed by atoms with E-state index in [1.807, 2.05) is 0 Å². The number of nitrogens with two attached hydrogens (primary N) is 1. The van der Waals surface area contributed by atoms with Crippen molar-refractivity contribution in [1.29, 1.82) is 0 Å². The highest BCUT2D eigenvalue weighted by Gasteiger charge is 2.24. The molecule has 1 unspecified atom stereocenters. The van der Waals surface area contributed by atoms with E-state index < -0.39 is 11.2 Å². The molecule has 0 bridgehead atoms. The molecule has 2 rings (SSSR count). The number of hydrogen-bond acceptors (Lipinski definition) is 5. The predicted octanol–water partition coefficient (Wildman–Crippen LogP) is -1.48. The zero-order chi connectivity index (χ0) is 14.7. The Morgan fingerprint density at radius 2 is 2.14 bits per heavy atom. The van der Waals surface area contributed by atoms with Crippen LogP contribution in [0.25, 0.3) is 0 Å². The molecule has 1 aromatic rings. The van der Waals surface area contributed by atoms with Crippen LogP contribution in [-0.2, 0) is 16.0 Å². The Bertz CT molecular complexity index is 612. The summed E-state index contributed by atoms with van der Waals surface area (Å²) in [5.41, 5.74) is 5.13. The lowest BCUT2D eigenvalue weighted by atomic mass is 10.1. The van der Waals surface area contributed by atoms with Crippen molar-refractivity contribution in [2.45, 2.75) is 19.4 Å². The molecule has 0 aliphatic carbocycles. The van der Waals surface area contributed by atoms with E-state index in [9.17, 15) is 14.4 Å². The number of rotatable bonds is 3. The second kappa shape index (κ2) is 7.39. The molecule has 1 aromatic heterocycles. The normalized spacial score (nSPS) is 18.2. The van der Waals surface area contributed by atoms with Crippen molar-refractivity contribution in [2.75, 3.05) is 26.2 Å². The van der Waals surface area contributed by atoms with E-state index in [1.165, 1.54) is 0 Å². The molecule has 1 saturated heterocycles. The van der Waals surface area contributed by atoms with E-state index in [4.69, 9.17) is 10.5 Å². The molecule has 0 aromatic carbocycles. The van der Waals surface area contributed by atoms with Crippen LogP contribution in [0.2, 0.25) is 0 Å². The van der Waals surface area contributed by atoms with Crippen LogP contribution in [0.3, 0.4) is 0 Å². The van der Waals surface area contributed by atoms with Gasteiger partial charge in [0.05, 0.1) is 19.1 Å². The summed E-state index contributed by atoms with van der Waals surface area (Å²) >= 11 is 0. The Balaban J connectivity index is 0.00000220. The maximum Gasteiger partial charge on any atom is 0.325 e. The topological polar surface area (TPSA) is 121 Å². The van der Waals surface area contributed by atoms with Crippen molar-refractivity contribution in [3.63, 3.8) is 0 Å². The number of ether oxygens (including phenoxy) is 1. The van der Waals surface area contributed by atoms with E-state index >= 15 is 0 Å². The fourth-order valence-electron chi connectivity index (χ4n) is 2.19. The van der Waals surface area contributed by atoms with E-state index in [-0.39, 0.29) is 36.4 Å². The van der Waals surface area contributed by atoms with Crippen LogP contribution in [0.15, 0.2) is 9.59 Å². The first-order chi connectivity index (χ1) is 9.51. The molecule has 1 aliphatic rings. The molecular formula is C12H19ClN4O4. The summed E-state index contributed by atoms with van der Waals surface area (Å²) in [6.45, 7) is 3.29. The van der Waals surface area contributed by atoms with Crippen LogP contribution in [0.5, 0.6) is 0 Å². The second-order valence-electron chi connectivity index (χ2n) is 4.76. The molecule has 9 heteroatoms. The van der Waals surface area contributed by atoms with Gasteiger partial charge >= 0.3 is 5.69 Å². The van der Waals surface area contributed by atoms with Gasteiger partial charge in [0.1, 0.15) is 0 Å². The summed E-state index contributed by atoms with van der Waals surface area (Å²) in [6, 6.07) is 0. The lowest BCUT2D eigenvalue weighted by Gasteiger charge is -2.32. The monoisotopic (exact) mass is 318 g/mol. The third kappa shape index (κ3) is 4.16. The van der Waals surface area contributed by atoms with E-state index in [1.54, 1.807) is 11.8 Å². The Morgan fingerprint density at radius 1 is 1.43 bits per heavy atom. The van der Waals surface area contributed by atoms with Crippen LogP contribution in [0, 0.1) is 6.92 Å². The molecule has 1 fully saturated rings. The van der Waals surface area contributed by atoms with E-state index in [0.29, 0.717) is 31.9 Å². The summed E-state index contributed by atoms with van der Waals surface area (Å²) in [7, 11) is 0. The van der Waals surface area contributed by atoms with Crippen LogP contribution < -0.4 is 17.0 Å². The molecule has 0 saturated carbocycles. The highest BCUT2D eigenvalue weighted by atomic mass is 35.5. The summed E-state index contributed by atoms with van der Waals surface area (Å²) in [6.07, 6.45) is -0.211. The van der Waals surface area contributed by atoms with Gasteiger partial charge in [-0.15, -0.1) is 12.4 Å². The van der Waals surface area contributed by atoms with Gasteiger partial charge in [-0.2, -0.15) is 0 Å². The minimum atomic E-state index is -0.571. The number of nitrogens with zero attached hydrogens (tertiary/aromatic N) is 1. The number of nitrogens with one attached hydrogen (secondary N) is 2. The fraction of sp³-hybridized carbons (Fsp3) is 0.583. The zero-order valence-corrected chi connectivity index (χ0v) is 12.5. The lowest BCUT2D eigenvalue weighted by molar-refractivity contribution is -0.137. The van der Waals surface area contributed by atoms with Gasteiger partial charge in [-0.05, 0) is 6.92 Å². The van der Waals surface area contributed by atoms with Gasteiger partial charge in [-0.1, -0.05) is 0 Å². The van der Waals surface area contributed by atoms with Gasteiger partial charge in [-0.3, -0.25) is 14.6 Å². The molecule has 4 N–H and O–H groups in total. The van der Waals surface area contributed by atoms with Gasteiger partial charge in [0.25, 0.3) is 5.56 Å². The number of H-pyrrole nitrogens is 2. The minimum absolute atomic E-state index is 0. The standard InChI is InChI=1S/C12H18N4O4.ClH/c1-7-9(11(18)15-12(19)14-7)4-10(17)16-2-3-20-8(5-13)6-16;/h8H,2-6,13H2,1H3,(H2,14,15,18,19);1H. The first-order valence-electron chi connectivity index (χ1n) is 6.42. The fourth-order valence-corrected chi connectivity index (χ4v) is 2.19. The molecule has 8 nitrogen and oxygen atoms in total. The Labute approximate surface area is 127 Å². The quantitative estimate of drug-likeness (QED) is 0.627. The molecule has 2 heterocycles. The van der Waals surface area contributed by atoms with Gasteiger partial charge in [0.15, 0.2) is 0 Å². The third-order valence-electron chi connectivity index (χ3n) is 3.34. The molecule has 0 radical (unpaired) electrons. The molecule has 0 spiro atoms. The molecule has 1 amide bonds. The van der Waals surface area contributed by atoms with Crippen LogP contribution in [-0.4, -0.2) is 53.1 Å². The lowest BCUT2D eigenvalue weighted by Crippen LogP contribution is -2.49. The number of aromatic nitrogens is 2. The van der Waals surface area contributed by atoms with Crippen molar-refractivity contribution in [1.82, 2.24) is 14.9 Å². The second-order valence-corrected chi connectivity index (χ2v) is 4.76. The maximum absolute atomic E-state index is 12.2. The van der Waals surface area contributed by atoms with Crippen LogP contribution in [0.4, 0.5) is 0 Å². The van der Waals surface area contributed by atoms with Crippen molar-refractivity contribution < 1.29 is 9.53 Å².